The number of halogens is 1. The molecule has 8 nitrogen and oxygen atoms in total. The molecule has 0 bridgehead atoms. The molecule has 150 valence electrons. The van der Waals surface area contributed by atoms with Gasteiger partial charge in [0.1, 0.15) is 5.82 Å². The smallest absolute Gasteiger partial charge is 0.231 e. The van der Waals surface area contributed by atoms with Gasteiger partial charge in [-0.3, -0.25) is 4.99 Å². The minimum Gasteiger partial charge on any atom is -0.454 e. The van der Waals surface area contributed by atoms with Crippen LogP contribution in [0.5, 0.6) is 11.5 Å². The van der Waals surface area contributed by atoms with Gasteiger partial charge in [0, 0.05) is 57.7 Å². The summed E-state index contributed by atoms with van der Waals surface area (Å²) in [6.45, 7) is 6.45. The van der Waals surface area contributed by atoms with E-state index in [9.17, 15) is 0 Å². The third kappa shape index (κ3) is 3.95. The molecule has 1 saturated heterocycles. The molecule has 10 heteroatoms. The van der Waals surface area contributed by atoms with Crippen molar-refractivity contribution in [1.29, 1.82) is 0 Å². The van der Waals surface area contributed by atoms with Crippen molar-refractivity contribution in [3.05, 3.63) is 28.5 Å². The molecule has 0 atom stereocenters. The Balaban J connectivity index is 1.33. The molecule has 4 rings (SSSR count). The fraction of sp³-hybridized carbons (Fsp3) is 0.500. The molecule has 28 heavy (non-hydrogen) atoms. The number of anilines is 1. The van der Waals surface area contributed by atoms with E-state index < -0.39 is 0 Å². The molecular formula is C18H23ClN6O2S. The molecule has 0 aliphatic carbocycles. The number of guanidine groups is 1. The summed E-state index contributed by atoms with van der Waals surface area (Å²) in [6.07, 6.45) is 0.872. The van der Waals surface area contributed by atoms with Crippen LogP contribution in [-0.4, -0.2) is 60.2 Å². The first-order valence-electron chi connectivity index (χ1n) is 9.29. The molecule has 2 aliphatic heterocycles. The minimum absolute atomic E-state index is 0.215. The van der Waals surface area contributed by atoms with E-state index in [4.69, 9.17) is 21.1 Å². The highest BCUT2D eigenvalue weighted by Gasteiger charge is 2.23. The monoisotopic (exact) mass is 422 g/mol. The normalized spacial score (nSPS) is 16.6. The molecule has 0 amide bonds. The second kappa shape index (κ2) is 8.40. The van der Waals surface area contributed by atoms with Crippen molar-refractivity contribution in [3.63, 3.8) is 0 Å². The van der Waals surface area contributed by atoms with E-state index in [-0.39, 0.29) is 6.79 Å². The Labute approximate surface area is 173 Å². The SMILES string of the molecule is CCc1nsc(N2CCN(C(=NC)NCc3cc(Cl)c4c(c3)OCO4)CC2)n1. The van der Waals surface area contributed by atoms with Crippen molar-refractivity contribution in [2.24, 2.45) is 4.99 Å². The molecule has 1 N–H and O–H groups in total. The summed E-state index contributed by atoms with van der Waals surface area (Å²) in [4.78, 5) is 13.6. The number of ether oxygens (including phenoxy) is 2. The molecule has 2 aliphatic rings. The maximum Gasteiger partial charge on any atom is 0.231 e. The second-order valence-electron chi connectivity index (χ2n) is 6.53. The Morgan fingerprint density at radius 2 is 2.11 bits per heavy atom. The zero-order valence-corrected chi connectivity index (χ0v) is 17.5. The fourth-order valence-corrected chi connectivity index (χ4v) is 4.35. The van der Waals surface area contributed by atoms with Crippen LogP contribution in [-0.2, 0) is 13.0 Å². The predicted octanol–water partition coefficient (Wildman–Crippen LogP) is 2.38. The molecule has 1 aromatic heterocycles. The van der Waals surface area contributed by atoms with Gasteiger partial charge in [0.15, 0.2) is 17.5 Å². The van der Waals surface area contributed by atoms with Gasteiger partial charge in [-0.2, -0.15) is 4.37 Å². The summed E-state index contributed by atoms with van der Waals surface area (Å²) in [7, 11) is 1.81. The van der Waals surface area contributed by atoms with Crippen molar-refractivity contribution in [2.45, 2.75) is 19.9 Å². The molecule has 0 saturated carbocycles. The van der Waals surface area contributed by atoms with Gasteiger partial charge in [-0.25, -0.2) is 4.98 Å². The zero-order valence-electron chi connectivity index (χ0n) is 15.9. The average molecular weight is 423 g/mol. The Hall–Kier alpha value is -2.26. The highest BCUT2D eigenvalue weighted by molar-refractivity contribution is 7.09. The van der Waals surface area contributed by atoms with Crippen LogP contribution >= 0.6 is 23.1 Å². The minimum atomic E-state index is 0.215. The van der Waals surface area contributed by atoms with Crippen LogP contribution in [0.2, 0.25) is 5.02 Å². The van der Waals surface area contributed by atoms with E-state index in [1.165, 1.54) is 11.5 Å². The van der Waals surface area contributed by atoms with E-state index in [0.29, 0.717) is 23.1 Å². The maximum absolute atomic E-state index is 6.27. The second-order valence-corrected chi connectivity index (χ2v) is 7.67. The zero-order chi connectivity index (χ0) is 19.5. The van der Waals surface area contributed by atoms with Gasteiger partial charge in [-0.1, -0.05) is 18.5 Å². The number of aromatic nitrogens is 2. The first-order valence-corrected chi connectivity index (χ1v) is 10.4. The number of nitrogens with one attached hydrogen (secondary N) is 1. The molecule has 2 aromatic rings. The number of nitrogens with zero attached hydrogens (tertiary/aromatic N) is 5. The summed E-state index contributed by atoms with van der Waals surface area (Å²) in [5.74, 6) is 3.10. The van der Waals surface area contributed by atoms with Gasteiger partial charge in [-0.15, -0.1) is 0 Å². The van der Waals surface area contributed by atoms with Crippen molar-refractivity contribution in [3.8, 4) is 11.5 Å². The highest BCUT2D eigenvalue weighted by atomic mass is 35.5. The maximum atomic E-state index is 6.27. The van der Waals surface area contributed by atoms with Crippen LogP contribution in [0, 0.1) is 0 Å². The summed E-state index contributed by atoms with van der Waals surface area (Å²) in [5.41, 5.74) is 1.02. The predicted molar refractivity (Wildman–Crippen MR) is 111 cm³/mol. The molecular weight excluding hydrogens is 400 g/mol. The number of aliphatic imine (C=N–C) groups is 1. The quantitative estimate of drug-likeness (QED) is 0.598. The van der Waals surface area contributed by atoms with Gasteiger partial charge < -0.3 is 24.6 Å². The number of piperazine rings is 1. The van der Waals surface area contributed by atoms with Crippen molar-refractivity contribution < 1.29 is 9.47 Å². The lowest BCUT2D eigenvalue weighted by Crippen LogP contribution is -2.52. The van der Waals surface area contributed by atoms with Gasteiger partial charge in [0.2, 0.25) is 11.9 Å². The standard InChI is InChI=1S/C18H23ClN6O2S/c1-3-15-22-18(28-23-15)25-6-4-24(5-7-25)17(20-2)21-10-12-8-13(19)16-14(9-12)26-11-27-16/h8-9H,3-7,10-11H2,1-2H3,(H,20,21). The van der Waals surface area contributed by atoms with Gasteiger partial charge in [0.25, 0.3) is 0 Å². The number of rotatable bonds is 4. The summed E-state index contributed by atoms with van der Waals surface area (Å²) < 4.78 is 15.2. The number of hydrogen-bond acceptors (Lipinski definition) is 7. The van der Waals surface area contributed by atoms with E-state index in [2.05, 4.69) is 36.4 Å². The average Bonchev–Trinajstić information content (AvgIpc) is 3.38. The molecule has 1 aromatic carbocycles. The highest BCUT2D eigenvalue weighted by Crippen LogP contribution is 2.39. The lowest BCUT2D eigenvalue weighted by Gasteiger charge is -2.36. The Morgan fingerprint density at radius 1 is 1.29 bits per heavy atom. The Bertz CT molecular complexity index is 866. The number of benzene rings is 1. The summed E-state index contributed by atoms with van der Waals surface area (Å²) >= 11 is 7.75. The molecule has 0 radical (unpaired) electrons. The van der Waals surface area contributed by atoms with E-state index in [1.807, 2.05) is 12.1 Å². The third-order valence-electron chi connectivity index (χ3n) is 4.77. The molecule has 3 heterocycles. The van der Waals surface area contributed by atoms with Crippen LogP contribution in [0.15, 0.2) is 17.1 Å². The van der Waals surface area contributed by atoms with E-state index in [1.54, 1.807) is 7.05 Å². The van der Waals surface area contributed by atoms with Gasteiger partial charge in [-0.05, 0) is 17.7 Å². The van der Waals surface area contributed by atoms with Crippen LogP contribution in [0.3, 0.4) is 0 Å². The lowest BCUT2D eigenvalue weighted by atomic mass is 10.2. The number of fused-ring (bicyclic) bond motifs is 1. The Morgan fingerprint density at radius 3 is 2.82 bits per heavy atom. The largest absolute Gasteiger partial charge is 0.454 e. The topological polar surface area (TPSA) is 75.1 Å². The molecule has 0 unspecified atom stereocenters. The lowest BCUT2D eigenvalue weighted by molar-refractivity contribution is 0.174. The van der Waals surface area contributed by atoms with Gasteiger partial charge in [0.05, 0.1) is 5.02 Å². The van der Waals surface area contributed by atoms with Crippen molar-refractivity contribution >= 4 is 34.2 Å². The first kappa shape index (κ1) is 19.1. The van der Waals surface area contributed by atoms with Crippen LogP contribution < -0.4 is 19.7 Å². The van der Waals surface area contributed by atoms with Crippen LogP contribution in [0.25, 0.3) is 0 Å². The van der Waals surface area contributed by atoms with Crippen molar-refractivity contribution in [1.82, 2.24) is 19.6 Å². The van der Waals surface area contributed by atoms with Crippen LogP contribution in [0.1, 0.15) is 18.3 Å². The van der Waals surface area contributed by atoms with E-state index >= 15 is 0 Å². The Kier molecular flexibility index (Phi) is 5.72. The summed E-state index contributed by atoms with van der Waals surface area (Å²) in [6, 6.07) is 3.85. The number of hydrogen-bond donors (Lipinski definition) is 1. The number of aryl methyl sites for hydroxylation is 1. The van der Waals surface area contributed by atoms with E-state index in [0.717, 1.165) is 55.1 Å². The molecule has 1 fully saturated rings. The van der Waals surface area contributed by atoms with Crippen molar-refractivity contribution in [2.75, 3.05) is 44.9 Å². The first-order chi connectivity index (χ1) is 13.7. The molecule has 0 spiro atoms. The third-order valence-corrected chi connectivity index (χ3v) is 5.87. The van der Waals surface area contributed by atoms with Crippen LogP contribution in [0.4, 0.5) is 5.13 Å². The summed E-state index contributed by atoms with van der Waals surface area (Å²) in [5, 5.41) is 5.00. The fourth-order valence-electron chi connectivity index (χ4n) is 3.26. The van der Waals surface area contributed by atoms with Gasteiger partial charge >= 0.3 is 0 Å².